The van der Waals surface area contributed by atoms with Crippen LogP contribution in [0.3, 0.4) is 0 Å². The second-order valence-electron chi connectivity index (χ2n) is 8.95. The smallest absolute Gasteiger partial charge is 0.252 e. The lowest BCUT2D eigenvalue weighted by molar-refractivity contribution is 0.0952. The molecule has 1 fully saturated rings. The Bertz CT molecular complexity index is 1160. The van der Waals surface area contributed by atoms with Gasteiger partial charge in [0.1, 0.15) is 5.65 Å². The van der Waals surface area contributed by atoms with Gasteiger partial charge in [0.05, 0.1) is 10.9 Å². The van der Waals surface area contributed by atoms with Crippen LogP contribution in [0.2, 0.25) is 0 Å². The monoisotopic (exact) mass is 467 g/mol. The number of rotatable bonds is 6. The van der Waals surface area contributed by atoms with Gasteiger partial charge in [-0.3, -0.25) is 9.59 Å². The lowest BCUT2D eigenvalue weighted by Gasteiger charge is -2.37. The summed E-state index contributed by atoms with van der Waals surface area (Å²) in [6.45, 7) is 8.12. The maximum absolute atomic E-state index is 12.7. The highest BCUT2D eigenvalue weighted by Gasteiger charge is 2.21. The van der Waals surface area contributed by atoms with Gasteiger partial charge in [0.15, 0.2) is 5.78 Å². The number of carbonyl (C=O) groups is 2. The van der Waals surface area contributed by atoms with E-state index in [2.05, 4.69) is 46.5 Å². The van der Waals surface area contributed by atoms with E-state index < -0.39 is 0 Å². The highest BCUT2D eigenvalue weighted by atomic mass is 35.5. The number of ketones is 1. The van der Waals surface area contributed by atoms with E-state index >= 15 is 0 Å². The zero-order chi connectivity index (χ0) is 23.7. The van der Waals surface area contributed by atoms with Gasteiger partial charge in [-0.25, -0.2) is 4.98 Å². The van der Waals surface area contributed by atoms with Crippen LogP contribution in [-0.4, -0.2) is 53.0 Å². The van der Waals surface area contributed by atoms with Crippen LogP contribution in [0.4, 0.5) is 5.69 Å². The summed E-state index contributed by atoms with van der Waals surface area (Å²) >= 11 is 6.59. The van der Waals surface area contributed by atoms with Crippen molar-refractivity contribution >= 4 is 40.0 Å². The van der Waals surface area contributed by atoms with Gasteiger partial charge in [0, 0.05) is 67.8 Å². The summed E-state index contributed by atoms with van der Waals surface area (Å²) in [7, 11) is 1.83. The van der Waals surface area contributed by atoms with E-state index in [-0.39, 0.29) is 23.6 Å². The van der Waals surface area contributed by atoms with Crippen molar-refractivity contribution in [3.63, 3.8) is 0 Å². The quantitative estimate of drug-likeness (QED) is 0.427. The van der Waals surface area contributed by atoms with E-state index in [1.807, 2.05) is 19.2 Å². The number of aromatic nitrogens is 2. The molecule has 0 aliphatic carbocycles. The molecule has 1 aliphatic heterocycles. The van der Waals surface area contributed by atoms with E-state index in [4.69, 9.17) is 11.6 Å². The number of alkyl halides is 1. The molecule has 0 radical (unpaired) electrons. The zero-order valence-corrected chi connectivity index (χ0v) is 20.2. The molecule has 0 spiro atoms. The molecule has 1 amide bonds. The highest BCUT2D eigenvalue weighted by molar-refractivity contribution is 6.21. The van der Waals surface area contributed by atoms with Gasteiger partial charge < -0.3 is 20.1 Å². The SMILES string of the molecule is CC(=O)c1cn(C)c2ncc(C(=O)NCC(Cl)c3ccc(N4CC(C)NC(C)C4)cc3)cc12. The van der Waals surface area contributed by atoms with Crippen molar-refractivity contribution in [1.29, 1.82) is 0 Å². The molecular formula is C25H30ClN5O2. The zero-order valence-electron chi connectivity index (χ0n) is 19.4. The van der Waals surface area contributed by atoms with Crippen molar-refractivity contribution in [2.45, 2.75) is 38.2 Å². The number of benzene rings is 1. The molecule has 0 bridgehead atoms. The molecule has 4 rings (SSSR count). The van der Waals surface area contributed by atoms with E-state index in [0.29, 0.717) is 34.2 Å². The first-order valence-corrected chi connectivity index (χ1v) is 11.7. The Morgan fingerprint density at radius 1 is 1.21 bits per heavy atom. The first-order chi connectivity index (χ1) is 15.7. The molecular weight excluding hydrogens is 438 g/mol. The third-order valence-corrected chi connectivity index (χ3v) is 6.48. The van der Waals surface area contributed by atoms with Crippen molar-refractivity contribution in [1.82, 2.24) is 20.2 Å². The average molecular weight is 468 g/mol. The van der Waals surface area contributed by atoms with E-state index in [1.54, 1.807) is 16.8 Å². The number of nitrogens with one attached hydrogen (secondary N) is 2. The number of nitrogens with zero attached hydrogens (tertiary/aromatic N) is 3. The van der Waals surface area contributed by atoms with Gasteiger partial charge in [0.25, 0.3) is 5.91 Å². The number of aryl methyl sites for hydroxylation is 1. The molecule has 174 valence electrons. The highest BCUT2D eigenvalue weighted by Crippen LogP contribution is 2.25. The maximum Gasteiger partial charge on any atom is 0.252 e. The fourth-order valence-electron chi connectivity index (χ4n) is 4.50. The first-order valence-electron chi connectivity index (χ1n) is 11.2. The summed E-state index contributed by atoms with van der Waals surface area (Å²) in [5.74, 6) is -0.331. The number of fused-ring (bicyclic) bond motifs is 1. The largest absolute Gasteiger partial charge is 0.368 e. The van der Waals surface area contributed by atoms with Gasteiger partial charge in [-0.2, -0.15) is 0 Å². The van der Waals surface area contributed by atoms with E-state index in [1.165, 1.54) is 18.8 Å². The normalized spacial score (nSPS) is 19.5. The van der Waals surface area contributed by atoms with E-state index in [9.17, 15) is 9.59 Å². The number of anilines is 1. The van der Waals surface area contributed by atoms with Gasteiger partial charge in [-0.05, 0) is 44.5 Å². The molecule has 7 nitrogen and oxygen atoms in total. The Morgan fingerprint density at radius 3 is 2.52 bits per heavy atom. The summed E-state index contributed by atoms with van der Waals surface area (Å²) in [4.78, 5) is 31.4. The topological polar surface area (TPSA) is 79.3 Å². The van der Waals surface area contributed by atoms with Crippen molar-refractivity contribution in [2.24, 2.45) is 7.05 Å². The molecule has 1 aliphatic rings. The summed E-state index contributed by atoms with van der Waals surface area (Å²) in [6.07, 6.45) is 3.26. The van der Waals surface area contributed by atoms with Crippen LogP contribution in [-0.2, 0) is 7.05 Å². The standard InChI is InChI=1S/C25H30ClN5O2/c1-15-12-31(13-16(2)29-15)20-7-5-18(6-8-20)23(26)11-28-25(33)19-9-21-22(17(3)32)14-30(4)24(21)27-10-19/h5-10,14-16,23,29H,11-13H2,1-4H3,(H,28,33). The minimum absolute atomic E-state index is 0.0611. The lowest BCUT2D eigenvalue weighted by Crippen LogP contribution is -2.54. The van der Waals surface area contributed by atoms with Gasteiger partial charge in [-0.15, -0.1) is 11.6 Å². The number of halogens is 1. The third-order valence-electron chi connectivity index (χ3n) is 6.07. The van der Waals surface area contributed by atoms with Crippen LogP contribution in [0.1, 0.15) is 52.4 Å². The van der Waals surface area contributed by atoms with Crippen molar-refractivity contribution < 1.29 is 9.59 Å². The number of hydrogen-bond acceptors (Lipinski definition) is 5. The van der Waals surface area contributed by atoms with E-state index in [0.717, 1.165) is 18.7 Å². The Kier molecular flexibility index (Phi) is 6.72. The predicted octanol–water partition coefficient (Wildman–Crippen LogP) is 3.67. The minimum atomic E-state index is -0.356. The Hall–Kier alpha value is -2.90. The third kappa shape index (κ3) is 5.04. The van der Waals surface area contributed by atoms with Gasteiger partial charge in [0.2, 0.25) is 0 Å². The predicted molar refractivity (Wildman–Crippen MR) is 132 cm³/mol. The van der Waals surface area contributed by atoms with Gasteiger partial charge in [-0.1, -0.05) is 12.1 Å². The van der Waals surface area contributed by atoms with Crippen molar-refractivity contribution in [2.75, 3.05) is 24.5 Å². The number of pyridine rings is 1. The van der Waals surface area contributed by atoms with Gasteiger partial charge >= 0.3 is 0 Å². The molecule has 3 aromatic rings. The second kappa shape index (κ2) is 9.53. The molecule has 1 saturated heterocycles. The van der Waals surface area contributed by atoms with Crippen LogP contribution in [0.15, 0.2) is 42.7 Å². The Labute approximate surface area is 199 Å². The first kappa shape index (κ1) is 23.3. The molecule has 2 aromatic heterocycles. The molecule has 1 aromatic carbocycles. The molecule has 8 heteroatoms. The van der Waals surface area contributed by atoms with Crippen LogP contribution in [0.5, 0.6) is 0 Å². The number of piperazine rings is 1. The number of Topliss-reactive ketones (excluding diaryl/α,β-unsaturated/α-hetero) is 1. The summed E-state index contributed by atoms with van der Waals surface area (Å²) in [5.41, 5.74) is 3.75. The molecule has 0 saturated carbocycles. The molecule has 2 N–H and O–H groups in total. The number of hydrogen-bond donors (Lipinski definition) is 2. The van der Waals surface area contributed by atoms with Crippen molar-refractivity contribution in [3.05, 3.63) is 59.4 Å². The van der Waals surface area contributed by atoms with Crippen molar-refractivity contribution in [3.8, 4) is 0 Å². The molecule has 3 atom stereocenters. The Balaban J connectivity index is 1.40. The number of carbonyl (C=O) groups excluding carboxylic acids is 2. The second-order valence-corrected chi connectivity index (χ2v) is 9.47. The summed E-state index contributed by atoms with van der Waals surface area (Å²) in [6, 6.07) is 10.8. The molecule has 33 heavy (non-hydrogen) atoms. The van der Waals surface area contributed by atoms with Crippen LogP contribution in [0.25, 0.3) is 11.0 Å². The van der Waals surface area contributed by atoms with Crippen LogP contribution in [0, 0.1) is 0 Å². The molecule has 3 heterocycles. The van der Waals surface area contributed by atoms with Crippen LogP contribution < -0.4 is 15.5 Å². The summed E-state index contributed by atoms with van der Waals surface area (Å²) in [5, 5.41) is 6.75. The number of amides is 1. The fraction of sp³-hybridized carbons (Fsp3) is 0.400. The van der Waals surface area contributed by atoms with Crippen LogP contribution >= 0.6 is 11.6 Å². The minimum Gasteiger partial charge on any atom is -0.368 e. The lowest BCUT2D eigenvalue weighted by atomic mass is 10.1. The fourth-order valence-corrected chi connectivity index (χ4v) is 4.72. The maximum atomic E-state index is 12.7. The summed E-state index contributed by atoms with van der Waals surface area (Å²) < 4.78 is 1.79. The average Bonchev–Trinajstić information content (AvgIpc) is 3.13. The Morgan fingerprint density at radius 2 is 1.88 bits per heavy atom. The molecule has 3 unspecified atom stereocenters.